The number of carbonyl (C=O) groups is 1. The van der Waals surface area contributed by atoms with E-state index in [1.165, 1.54) is 0 Å². The number of rotatable bonds is 5. The Kier molecular flexibility index (Phi) is 6.25. The maximum atomic E-state index is 12.4. The predicted octanol–water partition coefficient (Wildman–Crippen LogP) is 4.24. The molecule has 1 heterocycles. The Labute approximate surface area is 162 Å². The number of halogens is 2. The molecule has 2 aromatic carbocycles. The molecule has 1 fully saturated rings. The van der Waals surface area contributed by atoms with Crippen molar-refractivity contribution in [2.75, 3.05) is 36.5 Å². The molecule has 26 heavy (non-hydrogen) atoms. The van der Waals surface area contributed by atoms with Crippen molar-refractivity contribution in [3.63, 3.8) is 0 Å². The van der Waals surface area contributed by atoms with Gasteiger partial charge in [0.2, 0.25) is 0 Å². The topological polar surface area (TPSA) is 50.8 Å². The third-order valence-corrected chi connectivity index (χ3v) is 4.90. The van der Waals surface area contributed by atoms with Gasteiger partial charge < -0.3 is 19.7 Å². The largest absolute Gasteiger partial charge is 0.479 e. The van der Waals surface area contributed by atoms with E-state index < -0.39 is 6.10 Å². The van der Waals surface area contributed by atoms with Crippen molar-refractivity contribution in [1.29, 1.82) is 0 Å². The lowest BCUT2D eigenvalue weighted by Gasteiger charge is -2.29. The highest BCUT2D eigenvalue weighted by Crippen LogP contribution is 2.32. The molecule has 0 bridgehead atoms. The highest BCUT2D eigenvalue weighted by atomic mass is 35.5. The van der Waals surface area contributed by atoms with Gasteiger partial charge in [0, 0.05) is 24.5 Å². The molecule has 1 atom stereocenters. The number of anilines is 2. The fourth-order valence-electron chi connectivity index (χ4n) is 2.64. The molecule has 138 valence electrons. The molecule has 1 saturated heterocycles. The third-order valence-electron chi connectivity index (χ3n) is 4.10. The Hall–Kier alpha value is -1.95. The van der Waals surface area contributed by atoms with Crippen molar-refractivity contribution >= 4 is 40.5 Å². The Bertz CT molecular complexity index is 762. The van der Waals surface area contributed by atoms with Gasteiger partial charge in [-0.15, -0.1) is 0 Å². The number of amides is 1. The van der Waals surface area contributed by atoms with Gasteiger partial charge in [0.25, 0.3) is 5.91 Å². The van der Waals surface area contributed by atoms with Crippen LogP contribution in [0.4, 0.5) is 11.4 Å². The van der Waals surface area contributed by atoms with Crippen molar-refractivity contribution in [2.45, 2.75) is 13.0 Å². The second-order valence-electron chi connectivity index (χ2n) is 5.95. The molecule has 0 spiro atoms. The van der Waals surface area contributed by atoms with Gasteiger partial charge in [-0.05, 0) is 43.3 Å². The molecule has 2 aromatic rings. The summed E-state index contributed by atoms with van der Waals surface area (Å²) in [7, 11) is 0. The molecule has 1 aliphatic rings. The Balaban J connectivity index is 1.59. The quantitative estimate of drug-likeness (QED) is 0.823. The Morgan fingerprint density at radius 3 is 2.54 bits per heavy atom. The van der Waals surface area contributed by atoms with E-state index in [4.69, 9.17) is 32.7 Å². The fourth-order valence-corrected chi connectivity index (χ4v) is 2.98. The maximum Gasteiger partial charge on any atom is 0.265 e. The summed E-state index contributed by atoms with van der Waals surface area (Å²) in [5.41, 5.74) is 1.82. The summed E-state index contributed by atoms with van der Waals surface area (Å²) in [5, 5.41) is 3.52. The van der Waals surface area contributed by atoms with Gasteiger partial charge in [0.15, 0.2) is 6.10 Å². The molecule has 0 radical (unpaired) electrons. The summed E-state index contributed by atoms with van der Waals surface area (Å²) in [4.78, 5) is 14.6. The summed E-state index contributed by atoms with van der Waals surface area (Å²) in [6.07, 6.45) is -0.718. The summed E-state index contributed by atoms with van der Waals surface area (Å²) in [6.45, 7) is 4.88. The highest BCUT2D eigenvalue weighted by molar-refractivity contribution is 6.42. The van der Waals surface area contributed by atoms with Crippen LogP contribution >= 0.6 is 23.2 Å². The number of nitrogens with one attached hydrogen (secondary N) is 1. The maximum absolute atomic E-state index is 12.4. The van der Waals surface area contributed by atoms with Crippen LogP contribution in [0.3, 0.4) is 0 Å². The summed E-state index contributed by atoms with van der Waals surface area (Å²) < 4.78 is 11.0. The molecule has 3 rings (SSSR count). The molecule has 1 N–H and O–H groups in total. The predicted molar refractivity (Wildman–Crippen MR) is 105 cm³/mol. The minimum Gasteiger partial charge on any atom is -0.479 e. The van der Waals surface area contributed by atoms with Crippen molar-refractivity contribution in [3.8, 4) is 5.75 Å². The van der Waals surface area contributed by atoms with Crippen LogP contribution in [-0.2, 0) is 9.53 Å². The summed E-state index contributed by atoms with van der Waals surface area (Å²) in [5.74, 6) is 0.115. The molecule has 7 heteroatoms. The fraction of sp³-hybridized carbons (Fsp3) is 0.316. The van der Waals surface area contributed by atoms with Crippen LogP contribution in [0.25, 0.3) is 0 Å². The van der Waals surface area contributed by atoms with Gasteiger partial charge in [-0.2, -0.15) is 0 Å². The van der Waals surface area contributed by atoms with Gasteiger partial charge >= 0.3 is 0 Å². The van der Waals surface area contributed by atoms with Gasteiger partial charge in [0.05, 0.1) is 18.2 Å². The van der Waals surface area contributed by atoms with Crippen LogP contribution in [-0.4, -0.2) is 38.3 Å². The number of hydrogen-bond acceptors (Lipinski definition) is 4. The average Bonchev–Trinajstić information content (AvgIpc) is 2.66. The molecule has 1 unspecified atom stereocenters. The van der Waals surface area contributed by atoms with E-state index in [1.807, 2.05) is 24.3 Å². The first-order valence-electron chi connectivity index (χ1n) is 8.39. The number of hydrogen-bond donors (Lipinski definition) is 1. The first-order valence-corrected chi connectivity index (χ1v) is 9.14. The lowest BCUT2D eigenvalue weighted by Crippen LogP contribution is -2.36. The molecule has 5 nitrogen and oxygen atoms in total. The van der Waals surface area contributed by atoms with E-state index in [1.54, 1.807) is 25.1 Å². The minimum absolute atomic E-state index is 0.264. The van der Waals surface area contributed by atoms with Crippen molar-refractivity contribution in [2.24, 2.45) is 0 Å². The lowest BCUT2D eigenvalue weighted by molar-refractivity contribution is -0.122. The highest BCUT2D eigenvalue weighted by Gasteiger charge is 2.17. The van der Waals surface area contributed by atoms with E-state index in [9.17, 15) is 4.79 Å². The van der Waals surface area contributed by atoms with Crippen LogP contribution in [0.2, 0.25) is 10.0 Å². The average molecular weight is 395 g/mol. The summed E-state index contributed by atoms with van der Waals surface area (Å²) >= 11 is 12.1. The molecule has 0 saturated carbocycles. The molecular weight excluding hydrogens is 375 g/mol. The minimum atomic E-state index is -0.718. The van der Waals surface area contributed by atoms with E-state index in [-0.39, 0.29) is 5.91 Å². The molecule has 0 aromatic heterocycles. The second kappa shape index (κ2) is 8.62. The van der Waals surface area contributed by atoms with Crippen LogP contribution in [0.15, 0.2) is 42.5 Å². The van der Waals surface area contributed by atoms with Crippen molar-refractivity contribution in [1.82, 2.24) is 0 Å². The smallest absolute Gasteiger partial charge is 0.265 e. The zero-order chi connectivity index (χ0) is 18.5. The Morgan fingerprint density at radius 2 is 1.85 bits per heavy atom. The third kappa shape index (κ3) is 4.61. The van der Waals surface area contributed by atoms with Crippen molar-refractivity contribution in [3.05, 3.63) is 52.5 Å². The molecule has 1 aliphatic heterocycles. The van der Waals surface area contributed by atoms with E-state index in [2.05, 4.69) is 10.2 Å². The number of morpholine rings is 1. The van der Waals surface area contributed by atoms with E-state index in [0.717, 1.165) is 32.0 Å². The number of benzene rings is 2. The van der Waals surface area contributed by atoms with Gasteiger partial charge in [-0.1, -0.05) is 29.3 Å². The SMILES string of the molecule is CC(Oc1cccc(Cl)c1Cl)C(=O)Nc1ccc(N2CCOCC2)cc1. The van der Waals surface area contributed by atoms with Gasteiger partial charge in [-0.3, -0.25) is 4.79 Å². The van der Waals surface area contributed by atoms with Crippen molar-refractivity contribution < 1.29 is 14.3 Å². The standard InChI is InChI=1S/C19H20Cl2N2O3/c1-13(26-17-4-2-3-16(20)18(17)21)19(24)22-14-5-7-15(8-6-14)23-9-11-25-12-10-23/h2-8,13H,9-12H2,1H3,(H,22,24). The number of ether oxygens (including phenoxy) is 2. The first-order chi connectivity index (χ1) is 12.5. The van der Waals surface area contributed by atoms with Crippen LogP contribution < -0.4 is 15.0 Å². The normalized spacial score (nSPS) is 15.4. The van der Waals surface area contributed by atoms with Gasteiger partial charge in [0.1, 0.15) is 10.8 Å². The van der Waals surface area contributed by atoms with E-state index in [0.29, 0.717) is 21.5 Å². The number of carbonyl (C=O) groups excluding carboxylic acids is 1. The summed E-state index contributed by atoms with van der Waals surface area (Å²) in [6, 6.07) is 12.8. The van der Waals surface area contributed by atoms with E-state index >= 15 is 0 Å². The molecular formula is C19H20Cl2N2O3. The van der Waals surface area contributed by atoms with Crippen LogP contribution in [0.1, 0.15) is 6.92 Å². The molecule has 1 amide bonds. The number of nitrogens with zero attached hydrogens (tertiary/aromatic N) is 1. The van der Waals surface area contributed by atoms with Crippen LogP contribution in [0.5, 0.6) is 5.75 Å². The second-order valence-corrected chi connectivity index (χ2v) is 6.73. The zero-order valence-electron chi connectivity index (χ0n) is 14.4. The first kappa shape index (κ1) is 18.8. The Morgan fingerprint density at radius 1 is 1.15 bits per heavy atom. The monoisotopic (exact) mass is 394 g/mol. The molecule has 0 aliphatic carbocycles. The van der Waals surface area contributed by atoms with Gasteiger partial charge in [-0.25, -0.2) is 0 Å². The lowest BCUT2D eigenvalue weighted by atomic mass is 10.2. The zero-order valence-corrected chi connectivity index (χ0v) is 15.9. The van der Waals surface area contributed by atoms with Crippen LogP contribution in [0, 0.1) is 0 Å².